The molecule has 2 heterocycles. The van der Waals surface area contributed by atoms with Crippen molar-refractivity contribution < 1.29 is 29.6 Å². The molecule has 0 saturated carbocycles. The average Bonchev–Trinajstić information content (AvgIpc) is 3.52. The number of rotatable bonds is 16. The van der Waals surface area contributed by atoms with Gasteiger partial charge in [0, 0.05) is 53.7 Å². The molecule has 3 atom stereocenters. The fourth-order valence-electron chi connectivity index (χ4n) is 6.25. The zero-order valence-corrected chi connectivity index (χ0v) is 25.2. The maximum atomic E-state index is 12.8. The second-order valence-electron chi connectivity index (χ2n) is 11.6. The van der Waals surface area contributed by atoms with Gasteiger partial charge in [0.2, 0.25) is 0 Å². The van der Waals surface area contributed by atoms with Crippen molar-refractivity contribution in [2.24, 2.45) is 11.1 Å². The fourth-order valence-corrected chi connectivity index (χ4v) is 6.25. The molecular weight excluding hydrogens is 546 g/mol. The number of phenolic OH excluding ortho intramolecular Hbond substituents is 1. The van der Waals surface area contributed by atoms with Crippen LogP contribution in [0, 0.1) is 5.41 Å². The zero-order valence-electron chi connectivity index (χ0n) is 25.2. The van der Waals surface area contributed by atoms with Gasteiger partial charge < -0.3 is 36.1 Å². The number of nitrogens with two attached hydrogens (primary N) is 1. The van der Waals surface area contributed by atoms with Crippen LogP contribution in [0.15, 0.2) is 65.7 Å². The van der Waals surface area contributed by atoms with Gasteiger partial charge in [-0.1, -0.05) is 56.9 Å². The van der Waals surface area contributed by atoms with Gasteiger partial charge in [0.15, 0.2) is 29.2 Å². The molecule has 1 aliphatic carbocycles. The van der Waals surface area contributed by atoms with Crippen molar-refractivity contribution in [2.75, 3.05) is 20.3 Å². The molecule has 0 amide bonds. The maximum absolute atomic E-state index is 12.8. The molecule has 0 radical (unpaired) electrons. The number of benzene rings is 1. The van der Waals surface area contributed by atoms with E-state index in [1.54, 1.807) is 6.07 Å². The summed E-state index contributed by atoms with van der Waals surface area (Å²) in [4.78, 5) is 28.5. The SMILES string of the molecule is CCCCCCCC(=O)C(O)C(=O)CCc1cc(OC)c(O)c(C2C3=CCNC(N)=C3C=CC2(CO)Cc2ccc[nH]2)c1. The van der Waals surface area contributed by atoms with E-state index in [0.29, 0.717) is 36.3 Å². The molecule has 9 heteroatoms. The van der Waals surface area contributed by atoms with Crippen LogP contribution in [0.2, 0.25) is 0 Å². The summed E-state index contributed by atoms with van der Waals surface area (Å²) >= 11 is 0. The molecule has 4 rings (SSSR count). The average molecular weight is 592 g/mol. The molecule has 3 unspecified atom stereocenters. The number of phenols is 1. The number of H-pyrrole nitrogens is 1. The van der Waals surface area contributed by atoms with Gasteiger partial charge in [-0.05, 0) is 48.6 Å². The Hall–Kier alpha value is -3.82. The van der Waals surface area contributed by atoms with Crippen LogP contribution >= 0.6 is 0 Å². The van der Waals surface area contributed by atoms with E-state index < -0.39 is 29.0 Å². The first kappa shape index (κ1) is 32.1. The van der Waals surface area contributed by atoms with Gasteiger partial charge in [-0.3, -0.25) is 9.59 Å². The highest BCUT2D eigenvalue weighted by Crippen LogP contribution is 2.54. The Morgan fingerprint density at radius 1 is 1.16 bits per heavy atom. The number of methoxy groups -OCH3 is 1. The number of carbonyl (C=O) groups is 2. The smallest absolute Gasteiger partial charge is 0.170 e. The third-order valence-electron chi connectivity index (χ3n) is 8.65. The molecule has 0 spiro atoms. The molecule has 1 aromatic carbocycles. The summed E-state index contributed by atoms with van der Waals surface area (Å²) in [6.07, 6.45) is 11.8. The van der Waals surface area contributed by atoms with Crippen LogP contribution in [0.25, 0.3) is 0 Å². The number of nitrogens with one attached hydrogen (secondary N) is 2. The quantitative estimate of drug-likeness (QED) is 0.126. The van der Waals surface area contributed by atoms with Crippen LogP contribution in [0.1, 0.15) is 74.6 Å². The van der Waals surface area contributed by atoms with Crippen LogP contribution in [0.5, 0.6) is 11.5 Å². The van der Waals surface area contributed by atoms with Crippen molar-refractivity contribution in [1.29, 1.82) is 0 Å². The Bertz CT molecular complexity index is 1380. The Kier molecular flexibility index (Phi) is 10.9. The van der Waals surface area contributed by atoms with E-state index >= 15 is 0 Å². The van der Waals surface area contributed by atoms with Crippen LogP contribution in [-0.2, 0) is 22.4 Å². The van der Waals surface area contributed by atoms with Crippen LogP contribution < -0.4 is 15.8 Å². The highest BCUT2D eigenvalue weighted by Gasteiger charge is 2.45. The highest BCUT2D eigenvalue weighted by atomic mass is 16.5. The van der Waals surface area contributed by atoms with Gasteiger partial charge in [-0.15, -0.1) is 0 Å². The van der Waals surface area contributed by atoms with Crippen molar-refractivity contribution in [1.82, 2.24) is 10.3 Å². The number of aromatic nitrogens is 1. The molecule has 7 N–H and O–H groups in total. The number of Topliss-reactive ketones (excluding diaryl/α,β-unsaturated/α-hetero) is 2. The number of fused-ring (bicyclic) bond motifs is 1. The second-order valence-corrected chi connectivity index (χ2v) is 11.6. The number of aliphatic hydroxyl groups is 2. The number of aromatic amines is 1. The number of unbranched alkanes of at least 4 members (excludes halogenated alkanes) is 4. The van der Waals surface area contributed by atoms with E-state index in [9.17, 15) is 24.9 Å². The lowest BCUT2D eigenvalue weighted by molar-refractivity contribution is -0.138. The molecule has 232 valence electrons. The molecule has 43 heavy (non-hydrogen) atoms. The molecule has 9 nitrogen and oxygen atoms in total. The maximum Gasteiger partial charge on any atom is 0.170 e. The Morgan fingerprint density at radius 3 is 2.63 bits per heavy atom. The van der Waals surface area contributed by atoms with Crippen LogP contribution in [0.3, 0.4) is 0 Å². The van der Waals surface area contributed by atoms with Crippen LogP contribution in [-0.4, -0.2) is 58.2 Å². The van der Waals surface area contributed by atoms with E-state index in [0.717, 1.165) is 42.5 Å². The number of allylic oxidation sites excluding steroid dienone is 3. The van der Waals surface area contributed by atoms with E-state index in [4.69, 9.17) is 10.5 Å². The Labute approximate surface area is 253 Å². The lowest BCUT2D eigenvalue weighted by Gasteiger charge is -2.43. The predicted molar refractivity (Wildman–Crippen MR) is 166 cm³/mol. The number of carbonyl (C=O) groups excluding carboxylic acids is 2. The summed E-state index contributed by atoms with van der Waals surface area (Å²) in [5.74, 6) is -0.765. The molecule has 1 aliphatic heterocycles. The number of aryl methyl sites for hydroxylation is 1. The van der Waals surface area contributed by atoms with Crippen molar-refractivity contribution in [3.8, 4) is 11.5 Å². The van der Waals surface area contributed by atoms with Crippen molar-refractivity contribution in [3.63, 3.8) is 0 Å². The summed E-state index contributed by atoms with van der Waals surface area (Å²) in [6.45, 7) is 2.41. The first-order valence-corrected chi connectivity index (χ1v) is 15.2. The number of aliphatic hydroxyl groups excluding tert-OH is 2. The first-order chi connectivity index (χ1) is 20.7. The molecule has 0 saturated heterocycles. The Balaban J connectivity index is 1.63. The van der Waals surface area contributed by atoms with Crippen molar-refractivity contribution >= 4 is 11.6 Å². The highest BCUT2D eigenvalue weighted by molar-refractivity contribution is 6.05. The lowest BCUT2D eigenvalue weighted by Crippen LogP contribution is -2.40. The van der Waals surface area contributed by atoms with Gasteiger partial charge in [-0.25, -0.2) is 0 Å². The van der Waals surface area contributed by atoms with Gasteiger partial charge in [0.05, 0.1) is 13.7 Å². The van der Waals surface area contributed by atoms with Gasteiger partial charge in [-0.2, -0.15) is 0 Å². The van der Waals surface area contributed by atoms with Crippen molar-refractivity contribution in [2.45, 2.75) is 76.7 Å². The summed E-state index contributed by atoms with van der Waals surface area (Å²) in [6, 6.07) is 7.35. The summed E-state index contributed by atoms with van der Waals surface area (Å²) < 4.78 is 5.55. The molecular formula is C34H45N3O6. The summed E-state index contributed by atoms with van der Waals surface area (Å²) in [7, 11) is 1.46. The number of ether oxygens (including phenoxy) is 1. The molecule has 2 aliphatic rings. The predicted octanol–water partition coefficient (Wildman–Crippen LogP) is 4.10. The van der Waals surface area contributed by atoms with E-state index in [2.05, 4.69) is 17.2 Å². The minimum absolute atomic E-state index is 0.0426. The van der Waals surface area contributed by atoms with E-state index in [1.165, 1.54) is 7.11 Å². The van der Waals surface area contributed by atoms with Gasteiger partial charge >= 0.3 is 0 Å². The molecule has 1 aromatic heterocycles. The number of hydrogen-bond donors (Lipinski definition) is 6. The monoisotopic (exact) mass is 591 g/mol. The first-order valence-electron chi connectivity index (χ1n) is 15.2. The zero-order chi connectivity index (χ0) is 31.0. The molecule has 2 aromatic rings. The standard InChI is InChI=1S/C34H45N3O6/c1-3-4-5-6-7-10-27(39)32(42)28(40)12-11-22-18-26(31(41)29(19-22)43-2)30-24-14-17-37-33(35)25(24)13-15-34(30,21-38)20-23-9-8-16-36-23/h8-9,13-16,18-19,30,32,36-38,41-42H,3-7,10-12,17,20-21,35H2,1-2H3. The largest absolute Gasteiger partial charge is 0.504 e. The number of dihydropyridines is 1. The van der Waals surface area contributed by atoms with Gasteiger partial charge in [0.25, 0.3) is 0 Å². The number of hydrogen-bond acceptors (Lipinski definition) is 8. The third kappa shape index (κ3) is 7.22. The lowest BCUT2D eigenvalue weighted by atomic mass is 9.61. The van der Waals surface area contributed by atoms with E-state index in [-0.39, 0.29) is 37.4 Å². The minimum Gasteiger partial charge on any atom is -0.504 e. The fraction of sp³-hybridized carbons (Fsp3) is 0.471. The topological polar surface area (TPSA) is 158 Å². The Morgan fingerprint density at radius 2 is 1.93 bits per heavy atom. The number of ketones is 2. The van der Waals surface area contributed by atoms with Crippen molar-refractivity contribution in [3.05, 3.63) is 82.5 Å². The summed E-state index contributed by atoms with van der Waals surface area (Å²) in [5, 5.41) is 36.0. The van der Waals surface area contributed by atoms with E-state index in [1.807, 2.05) is 42.6 Å². The third-order valence-corrected chi connectivity index (χ3v) is 8.65. The second kappa shape index (κ2) is 14.6. The van der Waals surface area contributed by atoms with Gasteiger partial charge in [0.1, 0.15) is 5.82 Å². The summed E-state index contributed by atoms with van der Waals surface area (Å²) in [5.41, 5.74) is 9.35. The van der Waals surface area contributed by atoms with Crippen LogP contribution in [0.4, 0.5) is 0 Å². The number of aromatic hydroxyl groups is 1. The minimum atomic E-state index is -1.63. The normalized spacial score (nSPS) is 20.3. The molecule has 0 fully saturated rings. The molecule has 0 bridgehead atoms.